The molecular weight excluding hydrogens is 518 g/mol. The summed E-state index contributed by atoms with van der Waals surface area (Å²) in [6, 6.07) is 21.2. The normalized spacial score (nSPS) is 16.9. The highest BCUT2D eigenvalue weighted by Gasteiger charge is 2.42. The smallest absolute Gasteiger partial charge is 0.221 e. The molecule has 1 amide bonds. The van der Waals surface area contributed by atoms with Gasteiger partial charge in [0.2, 0.25) is 5.91 Å². The molecule has 0 saturated carbocycles. The zero-order valence-corrected chi connectivity index (χ0v) is 23.1. The number of benzene rings is 2. The second-order valence-electron chi connectivity index (χ2n) is 9.20. The molecule has 0 spiro atoms. The van der Waals surface area contributed by atoms with Crippen LogP contribution in [0.5, 0.6) is 5.75 Å². The first-order valence-corrected chi connectivity index (χ1v) is 13.0. The van der Waals surface area contributed by atoms with Crippen molar-refractivity contribution in [1.29, 1.82) is 0 Å². The van der Waals surface area contributed by atoms with Gasteiger partial charge in [-0.2, -0.15) is 0 Å². The van der Waals surface area contributed by atoms with Crippen molar-refractivity contribution in [2.24, 2.45) is 0 Å². The van der Waals surface area contributed by atoms with Crippen LogP contribution in [0.2, 0.25) is 5.02 Å². The average molecular weight is 546 g/mol. The highest BCUT2D eigenvalue weighted by Crippen LogP contribution is 2.45. The minimum Gasteiger partial charge on any atom is -0.495 e. The van der Waals surface area contributed by atoms with Crippen LogP contribution in [0.15, 0.2) is 72.9 Å². The Morgan fingerprint density at radius 3 is 2.58 bits per heavy atom. The lowest BCUT2D eigenvalue weighted by Crippen LogP contribution is -2.29. The van der Waals surface area contributed by atoms with Crippen molar-refractivity contribution >= 4 is 46.2 Å². The number of carbonyl (C=O) groups is 1. The standard InChI is InChI=1S/C29H28ClN5O2S/c1-17-14-23(18(2)34(17)21-9-7-8-20(30)15-21)28-27(24-10-5-6-13-31-24)33-29(38)35(28)22-11-12-26(37-4)25(16-22)32-19(3)36/h5-16,27-28H,1-4H3,(H,32,36)(H,33,38). The zero-order chi connectivity index (χ0) is 27.0. The fraction of sp³-hybridized carbons (Fsp3) is 0.207. The third-order valence-electron chi connectivity index (χ3n) is 6.73. The van der Waals surface area contributed by atoms with Gasteiger partial charge in [-0.3, -0.25) is 9.78 Å². The van der Waals surface area contributed by atoms with Gasteiger partial charge in [0.25, 0.3) is 0 Å². The molecule has 38 heavy (non-hydrogen) atoms. The number of aromatic nitrogens is 2. The summed E-state index contributed by atoms with van der Waals surface area (Å²) in [6.45, 7) is 5.66. The van der Waals surface area contributed by atoms with Crippen molar-refractivity contribution in [3.63, 3.8) is 0 Å². The molecule has 194 valence electrons. The van der Waals surface area contributed by atoms with E-state index >= 15 is 0 Å². The minimum absolute atomic E-state index is 0.185. The van der Waals surface area contributed by atoms with Crippen molar-refractivity contribution < 1.29 is 9.53 Å². The van der Waals surface area contributed by atoms with Crippen LogP contribution >= 0.6 is 23.8 Å². The summed E-state index contributed by atoms with van der Waals surface area (Å²) < 4.78 is 7.68. The molecule has 1 aliphatic heterocycles. The summed E-state index contributed by atoms with van der Waals surface area (Å²) >= 11 is 12.2. The molecule has 2 atom stereocenters. The van der Waals surface area contributed by atoms with E-state index in [1.165, 1.54) is 6.92 Å². The fourth-order valence-electron chi connectivity index (χ4n) is 5.18. The number of ether oxygens (including phenoxy) is 1. The predicted octanol–water partition coefficient (Wildman–Crippen LogP) is 6.29. The lowest BCUT2D eigenvalue weighted by Gasteiger charge is -2.29. The highest BCUT2D eigenvalue weighted by atomic mass is 35.5. The van der Waals surface area contributed by atoms with Crippen molar-refractivity contribution in [3.8, 4) is 11.4 Å². The van der Waals surface area contributed by atoms with Gasteiger partial charge in [0, 0.05) is 40.9 Å². The van der Waals surface area contributed by atoms with Crippen molar-refractivity contribution in [3.05, 3.63) is 101 Å². The third kappa shape index (κ3) is 4.73. The summed E-state index contributed by atoms with van der Waals surface area (Å²) in [5.41, 5.74) is 6.51. The number of aryl methyl sites for hydroxylation is 1. The lowest BCUT2D eigenvalue weighted by molar-refractivity contribution is -0.114. The van der Waals surface area contributed by atoms with Crippen LogP contribution in [-0.2, 0) is 4.79 Å². The molecule has 0 radical (unpaired) electrons. The Hall–Kier alpha value is -3.88. The van der Waals surface area contributed by atoms with Crippen LogP contribution in [0.25, 0.3) is 5.69 Å². The maximum Gasteiger partial charge on any atom is 0.221 e. The number of nitrogens with zero attached hydrogens (tertiary/aromatic N) is 3. The topological polar surface area (TPSA) is 71.4 Å². The first-order chi connectivity index (χ1) is 18.3. The number of methoxy groups -OCH3 is 1. The number of rotatable bonds is 6. The van der Waals surface area contributed by atoms with E-state index in [1.807, 2.05) is 60.7 Å². The summed E-state index contributed by atoms with van der Waals surface area (Å²) in [7, 11) is 1.58. The van der Waals surface area contributed by atoms with Crippen molar-refractivity contribution in [1.82, 2.24) is 14.9 Å². The molecule has 7 nitrogen and oxygen atoms in total. The largest absolute Gasteiger partial charge is 0.495 e. The van der Waals surface area contributed by atoms with E-state index in [9.17, 15) is 4.79 Å². The molecule has 2 N–H and O–H groups in total. The van der Waals surface area contributed by atoms with E-state index in [4.69, 9.17) is 28.6 Å². The summed E-state index contributed by atoms with van der Waals surface area (Å²) in [5, 5.41) is 7.62. The number of thiocarbonyl (C=S) groups is 1. The van der Waals surface area contributed by atoms with E-state index in [0.29, 0.717) is 21.6 Å². The number of carbonyl (C=O) groups excluding carboxylic acids is 1. The van der Waals surface area contributed by atoms with Gasteiger partial charge in [-0.25, -0.2) is 0 Å². The van der Waals surface area contributed by atoms with Crippen LogP contribution in [0.4, 0.5) is 11.4 Å². The van der Waals surface area contributed by atoms with Crippen LogP contribution in [0.3, 0.4) is 0 Å². The molecule has 0 aliphatic carbocycles. The van der Waals surface area contributed by atoms with Crippen LogP contribution in [-0.4, -0.2) is 27.7 Å². The molecule has 1 aliphatic rings. The molecule has 0 bridgehead atoms. The van der Waals surface area contributed by atoms with Gasteiger partial charge < -0.3 is 24.8 Å². The van der Waals surface area contributed by atoms with E-state index < -0.39 is 0 Å². The highest BCUT2D eigenvalue weighted by molar-refractivity contribution is 7.80. The summed E-state index contributed by atoms with van der Waals surface area (Å²) in [5.74, 6) is 0.384. The Morgan fingerprint density at radius 1 is 1.08 bits per heavy atom. The van der Waals surface area contributed by atoms with Crippen LogP contribution < -0.4 is 20.3 Å². The fourth-order valence-corrected chi connectivity index (χ4v) is 5.71. The van der Waals surface area contributed by atoms with Gasteiger partial charge >= 0.3 is 0 Å². The van der Waals surface area contributed by atoms with E-state index in [-0.39, 0.29) is 18.0 Å². The second kappa shape index (κ2) is 10.5. The van der Waals surface area contributed by atoms with Gasteiger partial charge in [-0.1, -0.05) is 23.7 Å². The van der Waals surface area contributed by atoms with E-state index in [2.05, 4.69) is 45.0 Å². The van der Waals surface area contributed by atoms with E-state index in [0.717, 1.165) is 34.0 Å². The number of nitrogens with one attached hydrogen (secondary N) is 2. The van der Waals surface area contributed by atoms with Crippen molar-refractivity contribution in [2.45, 2.75) is 32.9 Å². The van der Waals surface area contributed by atoms with Gasteiger partial charge in [-0.05, 0) is 86.2 Å². The SMILES string of the molecule is COc1ccc(N2C(=S)NC(c3ccccn3)C2c2cc(C)n(-c3cccc(Cl)c3)c2C)cc1NC(C)=O. The third-order valence-corrected chi connectivity index (χ3v) is 7.27. The molecule has 9 heteroatoms. The van der Waals surface area contributed by atoms with Gasteiger partial charge in [0.05, 0.1) is 30.6 Å². The number of pyridine rings is 1. The maximum absolute atomic E-state index is 11.9. The quantitative estimate of drug-likeness (QED) is 0.278. The van der Waals surface area contributed by atoms with Crippen LogP contribution in [0.1, 0.15) is 41.7 Å². The molecule has 1 saturated heterocycles. The molecule has 3 heterocycles. The predicted molar refractivity (Wildman–Crippen MR) is 155 cm³/mol. The minimum atomic E-state index is -0.213. The van der Waals surface area contributed by atoms with Gasteiger partial charge in [-0.15, -0.1) is 0 Å². The Morgan fingerprint density at radius 2 is 1.89 bits per heavy atom. The maximum atomic E-state index is 11.9. The number of amides is 1. The Bertz CT molecular complexity index is 1520. The Labute approximate surface area is 232 Å². The Kier molecular flexibility index (Phi) is 7.10. The first kappa shape index (κ1) is 25.8. The van der Waals surface area contributed by atoms with Crippen LogP contribution in [0, 0.1) is 13.8 Å². The molecule has 1 fully saturated rings. The molecule has 2 aromatic heterocycles. The molecule has 5 rings (SSSR count). The summed E-state index contributed by atoms with van der Waals surface area (Å²) in [4.78, 5) is 18.7. The first-order valence-electron chi connectivity index (χ1n) is 12.2. The zero-order valence-electron chi connectivity index (χ0n) is 21.5. The number of halogens is 1. The number of anilines is 2. The van der Waals surface area contributed by atoms with Gasteiger partial charge in [0.15, 0.2) is 5.11 Å². The van der Waals surface area contributed by atoms with E-state index in [1.54, 1.807) is 13.3 Å². The molecular formula is C29H28ClN5O2S. The number of hydrogen-bond acceptors (Lipinski definition) is 4. The monoisotopic (exact) mass is 545 g/mol. The van der Waals surface area contributed by atoms with Gasteiger partial charge in [0.1, 0.15) is 5.75 Å². The molecule has 4 aromatic rings. The molecule has 2 unspecified atom stereocenters. The average Bonchev–Trinajstić information content (AvgIpc) is 3.39. The number of hydrogen-bond donors (Lipinski definition) is 2. The Balaban J connectivity index is 1.68. The summed E-state index contributed by atoms with van der Waals surface area (Å²) in [6.07, 6.45) is 1.79. The molecule has 2 aromatic carbocycles. The lowest BCUT2D eigenvalue weighted by atomic mass is 9.96. The second-order valence-corrected chi connectivity index (χ2v) is 10.0. The van der Waals surface area contributed by atoms with Crippen molar-refractivity contribution in [2.75, 3.05) is 17.3 Å².